The first-order valence-corrected chi connectivity index (χ1v) is 3.20. The number of benzene rings is 1. The lowest BCUT2D eigenvalue weighted by atomic mass is 10.2. The predicted octanol–water partition coefficient (Wildman–Crippen LogP) is 0.737. The summed E-state index contributed by atoms with van der Waals surface area (Å²) in [5.74, 6) is 0. The number of nitrogen functional groups attached to an aromatic ring is 1. The molecule has 0 atom stereocenters. The van der Waals surface area contributed by atoms with E-state index in [4.69, 9.17) is 5.73 Å². The van der Waals surface area contributed by atoms with Gasteiger partial charge in [-0.1, -0.05) is 0 Å². The molecule has 1 aliphatic heterocycles. The zero-order valence-electron chi connectivity index (χ0n) is 5.93. The molecule has 0 aliphatic carbocycles. The van der Waals surface area contributed by atoms with Crippen LogP contribution in [-0.4, -0.2) is 0 Å². The molecule has 0 saturated carbocycles. The summed E-state index contributed by atoms with van der Waals surface area (Å²) >= 11 is 0. The van der Waals surface area contributed by atoms with Gasteiger partial charge in [0.05, 0.1) is 11.4 Å². The second-order valence-corrected chi connectivity index (χ2v) is 2.34. The fraction of sp³-hybridized carbons (Fsp3) is 0. The highest BCUT2D eigenvalue weighted by molar-refractivity contribution is 5.76. The number of hydrogen-bond donors (Lipinski definition) is 1. The van der Waals surface area contributed by atoms with E-state index in [0.29, 0.717) is 5.69 Å². The quantitative estimate of drug-likeness (QED) is 0.573. The lowest BCUT2D eigenvalue weighted by Gasteiger charge is -2.26. The molecule has 6 heteroatoms. The summed E-state index contributed by atoms with van der Waals surface area (Å²) in [7, 11) is 0. The molecule has 0 unspecified atom stereocenters. The van der Waals surface area contributed by atoms with Crippen molar-refractivity contribution in [1.82, 2.24) is 0 Å². The molecule has 0 saturated heterocycles. The highest BCUT2D eigenvalue weighted by Gasteiger charge is 2.15. The van der Waals surface area contributed by atoms with Crippen molar-refractivity contribution < 1.29 is 4.94 Å². The van der Waals surface area contributed by atoms with Gasteiger partial charge in [0, 0.05) is 5.69 Å². The van der Waals surface area contributed by atoms with Crippen molar-refractivity contribution in [2.24, 2.45) is 0 Å². The monoisotopic (exact) mass is 167 g/mol. The zero-order valence-corrected chi connectivity index (χ0v) is 5.93. The van der Waals surface area contributed by atoms with E-state index in [1.165, 1.54) is 18.2 Å². The van der Waals surface area contributed by atoms with Gasteiger partial charge in [-0.2, -0.15) is 4.94 Å². The number of nitrogens with zero attached hydrogens (tertiary/aromatic N) is 2. The maximum Gasteiger partial charge on any atom is 0.0804 e. The molecule has 0 fully saturated rings. The summed E-state index contributed by atoms with van der Waals surface area (Å²) in [6.07, 6.45) is 0. The molecule has 64 valence electrons. The maximum atomic E-state index is 10.8. The predicted molar refractivity (Wildman–Crippen MR) is 43.6 cm³/mol. The zero-order chi connectivity index (χ0) is 8.72. The van der Waals surface area contributed by atoms with E-state index in [2.05, 4.69) is 4.94 Å². The molecule has 2 N–H and O–H groups in total. The topological polar surface area (TPSA) is 87.8 Å². The number of hydrogen-bond acceptors (Lipinski definition) is 6. The van der Waals surface area contributed by atoms with E-state index >= 15 is 0 Å². The van der Waals surface area contributed by atoms with Crippen molar-refractivity contribution in [2.45, 2.75) is 0 Å². The van der Waals surface area contributed by atoms with Gasteiger partial charge in [-0.25, -0.2) is 0 Å². The molecule has 0 radical (unpaired) electrons. The third-order valence-corrected chi connectivity index (χ3v) is 1.54. The van der Waals surface area contributed by atoms with Gasteiger partial charge >= 0.3 is 0 Å². The van der Waals surface area contributed by atoms with Crippen LogP contribution in [-0.2, 0) is 4.94 Å². The van der Waals surface area contributed by atoms with Gasteiger partial charge in [0.1, 0.15) is 0 Å². The van der Waals surface area contributed by atoms with Crippen LogP contribution in [0.2, 0.25) is 0 Å². The summed E-state index contributed by atoms with van der Waals surface area (Å²) < 4.78 is 0. The first-order chi connectivity index (χ1) is 5.68. The van der Waals surface area contributed by atoms with E-state index in [1.807, 2.05) is 0 Å². The Morgan fingerprint density at radius 3 is 2.58 bits per heavy atom. The van der Waals surface area contributed by atoms with Gasteiger partial charge in [-0.3, -0.25) is 10.5 Å². The lowest BCUT2D eigenvalue weighted by molar-refractivity contribution is 0.150. The second kappa shape index (κ2) is 2.24. The number of fused-ring (bicyclic) bond motifs is 1. The average molecular weight is 167 g/mol. The van der Waals surface area contributed by atoms with E-state index < -0.39 is 0 Å². The Bertz CT molecular complexity index is 317. The molecule has 6 nitrogen and oxygen atoms in total. The van der Waals surface area contributed by atoms with E-state index in [1.54, 1.807) is 0 Å². The van der Waals surface area contributed by atoms with Crippen LogP contribution in [0.15, 0.2) is 18.2 Å². The minimum atomic E-state index is 0.124. The minimum Gasteiger partial charge on any atom is -0.731 e. The highest BCUT2D eigenvalue weighted by atomic mass is 17.1. The van der Waals surface area contributed by atoms with Crippen LogP contribution in [0.3, 0.4) is 0 Å². The van der Waals surface area contributed by atoms with Gasteiger partial charge in [-0.05, 0) is 18.2 Å². The molecular formula is C6H5N3O3-2. The fourth-order valence-corrected chi connectivity index (χ4v) is 0.996. The normalized spacial score (nSPS) is 15.2. The first-order valence-electron chi connectivity index (χ1n) is 3.20. The van der Waals surface area contributed by atoms with Gasteiger partial charge in [0.15, 0.2) is 0 Å². The summed E-state index contributed by atoms with van der Waals surface area (Å²) in [6, 6.07) is 4.32. The number of anilines is 3. The molecule has 0 amide bonds. The molecule has 0 aromatic heterocycles. The van der Waals surface area contributed by atoms with Crippen LogP contribution in [0, 0.1) is 10.4 Å². The van der Waals surface area contributed by atoms with Gasteiger partial charge in [0.2, 0.25) is 0 Å². The van der Waals surface area contributed by atoms with Crippen molar-refractivity contribution in [3.63, 3.8) is 0 Å². The third kappa shape index (κ3) is 0.866. The van der Waals surface area contributed by atoms with Crippen LogP contribution < -0.4 is 16.2 Å². The maximum absolute atomic E-state index is 10.8. The van der Waals surface area contributed by atoms with Crippen molar-refractivity contribution in [2.75, 3.05) is 16.2 Å². The Morgan fingerprint density at radius 2 is 1.83 bits per heavy atom. The van der Waals surface area contributed by atoms with E-state index in [9.17, 15) is 10.4 Å². The molecule has 0 spiro atoms. The second-order valence-electron chi connectivity index (χ2n) is 2.34. The van der Waals surface area contributed by atoms with Crippen LogP contribution in [0.5, 0.6) is 0 Å². The third-order valence-electron chi connectivity index (χ3n) is 1.54. The molecule has 12 heavy (non-hydrogen) atoms. The Morgan fingerprint density at radius 1 is 1.17 bits per heavy atom. The summed E-state index contributed by atoms with van der Waals surface area (Å²) in [5, 5.41) is 21.9. The molecule has 1 aromatic carbocycles. The number of nitrogens with two attached hydrogens (primary N) is 1. The lowest BCUT2D eigenvalue weighted by Crippen LogP contribution is -2.17. The molecule has 1 heterocycles. The van der Waals surface area contributed by atoms with Crippen molar-refractivity contribution in [3.05, 3.63) is 28.6 Å². The summed E-state index contributed by atoms with van der Waals surface area (Å²) in [6.45, 7) is 0. The Balaban J connectivity index is 2.53. The minimum absolute atomic E-state index is 0.124. The van der Waals surface area contributed by atoms with Crippen LogP contribution in [0.1, 0.15) is 0 Å². The van der Waals surface area contributed by atoms with Gasteiger partial charge < -0.3 is 16.1 Å². The summed E-state index contributed by atoms with van der Waals surface area (Å²) in [5.41, 5.74) is 6.10. The van der Waals surface area contributed by atoms with Crippen LogP contribution in [0.4, 0.5) is 17.1 Å². The van der Waals surface area contributed by atoms with Crippen molar-refractivity contribution in [3.8, 4) is 0 Å². The van der Waals surface area contributed by atoms with E-state index in [0.717, 1.165) is 0 Å². The Hall–Kier alpha value is -1.50. The van der Waals surface area contributed by atoms with Crippen LogP contribution >= 0.6 is 0 Å². The SMILES string of the molecule is Nc1ccc2c(c1)N([O-])ON2[O-]. The molecular weight excluding hydrogens is 162 g/mol. The summed E-state index contributed by atoms with van der Waals surface area (Å²) in [4.78, 5) is 4.19. The fourth-order valence-electron chi connectivity index (χ4n) is 0.996. The first kappa shape index (κ1) is 7.17. The van der Waals surface area contributed by atoms with Gasteiger partial charge in [-0.15, -0.1) is 0 Å². The standard InChI is InChI=1S/C6H5N3O3/c7-4-1-2-5-6(3-4)9(11)12-8(5)10/h1-3H,7H2/q-2. The molecule has 1 aliphatic rings. The van der Waals surface area contributed by atoms with Gasteiger partial charge in [0.25, 0.3) is 0 Å². The number of rotatable bonds is 0. The molecule has 0 bridgehead atoms. The largest absolute Gasteiger partial charge is 0.731 e. The Kier molecular flexibility index (Phi) is 1.34. The smallest absolute Gasteiger partial charge is 0.0804 e. The average Bonchev–Trinajstić information content (AvgIpc) is 2.28. The molecule has 2 rings (SSSR count). The van der Waals surface area contributed by atoms with E-state index in [-0.39, 0.29) is 21.8 Å². The Labute approximate surface area is 67.8 Å². The highest BCUT2D eigenvalue weighted by Crippen LogP contribution is 2.36. The van der Waals surface area contributed by atoms with Crippen molar-refractivity contribution >= 4 is 17.1 Å². The van der Waals surface area contributed by atoms with Crippen LogP contribution in [0.25, 0.3) is 0 Å². The molecule has 1 aromatic rings. The van der Waals surface area contributed by atoms with Crippen molar-refractivity contribution in [1.29, 1.82) is 0 Å².